The van der Waals surface area contributed by atoms with E-state index in [-0.39, 0.29) is 11.4 Å². The van der Waals surface area contributed by atoms with Gasteiger partial charge in [-0.3, -0.25) is 4.79 Å². The van der Waals surface area contributed by atoms with Crippen molar-refractivity contribution >= 4 is 11.9 Å². The largest absolute Gasteiger partial charge is 0.480 e. The fraction of sp³-hybridized carbons (Fsp3) is 0.312. The van der Waals surface area contributed by atoms with Crippen LogP contribution in [0.3, 0.4) is 0 Å². The van der Waals surface area contributed by atoms with Crippen molar-refractivity contribution in [3.05, 3.63) is 46.8 Å². The highest BCUT2D eigenvalue weighted by Crippen LogP contribution is 2.29. The molecule has 6 nitrogen and oxygen atoms in total. The average molecular weight is 353 g/mol. The molecule has 0 fully saturated rings. The van der Waals surface area contributed by atoms with Gasteiger partial charge in [-0.25, -0.2) is 22.6 Å². The van der Waals surface area contributed by atoms with Crippen LogP contribution in [0, 0.1) is 11.6 Å². The molecule has 9 heteroatoms. The third-order valence-electron chi connectivity index (χ3n) is 4.06. The number of carboxylic acids is 1. The molecule has 0 bridgehead atoms. The van der Waals surface area contributed by atoms with Gasteiger partial charge in [-0.2, -0.15) is 5.10 Å². The lowest BCUT2D eigenvalue weighted by molar-refractivity contribution is -0.139. The van der Waals surface area contributed by atoms with Gasteiger partial charge in [0.25, 0.3) is 5.91 Å². The molecule has 0 spiro atoms. The van der Waals surface area contributed by atoms with Crippen LogP contribution in [0.5, 0.6) is 0 Å². The number of alkyl halides is 1. The van der Waals surface area contributed by atoms with E-state index in [0.717, 1.165) is 10.7 Å². The average Bonchev–Trinajstić information content (AvgIpc) is 3.17. The van der Waals surface area contributed by atoms with Gasteiger partial charge in [0.15, 0.2) is 23.4 Å². The second-order valence-electron chi connectivity index (χ2n) is 5.63. The fourth-order valence-corrected chi connectivity index (χ4v) is 2.87. The second-order valence-corrected chi connectivity index (χ2v) is 5.63. The Morgan fingerprint density at radius 3 is 2.76 bits per heavy atom. The third kappa shape index (κ3) is 2.97. The van der Waals surface area contributed by atoms with Crippen molar-refractivity contribution in [1.82, 2.24) is 15.1 Å². The minimum absolute atomic E-state index is 0.101. The summed E-state index contributed by atoms with van der Waals surface area (Å²) in [4.78, 5) is 23.2. The molecule has 25 heavy (non-hydrogen) atoms. The lowest BCUT2D eigenvalue weighted by Gasteiger charge is -2.10. The number of hydrogen-bond acceptors (Lipinski definition) is 3. The van der Waals surface area contributed by atoms with Gasteiger partial charge in [0.05, 0.1) is 0 Å². The van der Waals surface area contributed by atoms with E-state index >= 15 is 0 Å². The molecule has 1 unspecified atom stereocenters. The summed E-state index contributed by atoms with van der Waals surface area (Å²) in [5, 5.41) is 14.9. The van der Waals surface area contributed by atoms with Gasteiger partial charge in [0.2, 0.25) is 0 Å². The van der Waals surface area contributed by atoms with Crippen LogP contribution in [0.25, 0.3) is 5.69 Å². The van der Waals surface area contributed by atoms with Crippen LogP contribution in [0.4, 0.5) is 13.2 Å². The first-order valence-corrected chi connectivity index (χ1v) is 7.58. The molecule has 0 aliphatic heterocycles. The van der Waals surface area contributed by atoms with Gasteiger partial charge in [0.1, 0.15) is 12.4 Å². The van der Waals surface area contributed by atoms with Gasteiger partial charge in [-0.1, -0.05) is 6.07 Å². The number of fused-ring (bicyclic) bond motifs is 1. The van der Waals surface area contributed by atoms with E-state index in [1.165, 1.54) is 12.1 Å². The Morgan fingerprint density at radius 1 is 1.32 bits per heavy atom. The number of carbonyl (C=O) groups excluding carboxylic acids is 1. The molecule has 1 aliphatic rings. The number of benzene rings is 1. The molecule has 3 rings (SSSR count). The van der Waals surface area contributed by atoms with E-state index in [9.17, 15) is 22.8 Å². The highest BCUT2D eigenvalue weighted by molar-refractivity contribution is 5.96. The van der Waals surface area contributed by atoms with Crippen LogP contribution < -0.4 is 5.32 Å². The Kier molecular flexibility index (Phi) is 4.47. The van der Waals surface area contributed by atoms with Crippen molar-refractivity contribution in [3.8, 4) is 5.69 Å². The molecule has 0 saturated carbocycles. The first kappa shape index (κ1) is 17.0. The number of carboxylic acid groups (broad SMARTS) is 1. The summed E-state index contributed by atoms with van der Waals surface area (Å²) < 4.78 is 41.4. The third-order valence-corrected chi connectivity index (χ3v) is 4.06. The van der Waals surface area contributed by atoms with Crippen molar-refractivity contribution in [2.45, 2.75) is 25.3 Å². The zero-order valence-electron chi connectivity index (χ0n) is 12.9. The molecule has 132 valence electrons. The Labute approximate surface area is 140 Å². The van der Waals surface area contributed by atoms with Gasteiger partial charge in [0, 0.05) is 11.3 Å². The summed E-state index contributed by atoms with van der Waals surface area (Å²) in [5.74, 6) is -4.52. The fourth-order valence-electron chi connectivity index (χ4n) is 2.87. The summed E-state index contributed by atoms with van der Waals surface area (Å²) in [6.45, 7) is -1.28. The van der Waals surface area contributed by atoms with Crippen molar-refractivity contribution in [3.63, 3.8) is 0 Å². The molecule has 1 aliphatic carbocycles. The topological polar surface area (TPSA) is 84.2 Å². The number of nitrogens with zero attached hydrogens (tertiary/aromatic N) is 2. The molecule has 1 amide bonds. The van der Waals surface area contributed by atoms with Crippen LogP contribution in [0.15, 0.2) is 18.2 Å². The summed E-state index contributed by atoms with van der Waals surface area (Å²) in [6, 6.07) is 1.92. The quantitative estimate of drug-likeness (QED) is 0.858. The van der Waals surface area contributed by atoms with Gasteiger partial charge >= 0.3 is 5.97 Å². The number of aromatic nitrogens is 2. The predicted molar refractivity (Wildman–Crippen MR) is 80.4 cm³/mol. The van der Waals surface area contributed by atoms with Gasteiger partial charge in [-0.05, 0) is 31.4 Å². The molecule has 2 aromatic rings. The second kappa shape index (κ2) is 6.58. The monoisotopic (exact) mass is 353 g/mol. The SMILES string of the molecule is O=C(NC(CF)C(=O)O)c1nn(-c2cccc(F)c2F)c2c1CCC2. The Bertz CT molecular complexity index is 851. The predicted octanol–water partition coefficient (Wildman–Crippen LogP) is 1.79. The van der Waals surface area contributed by atoms with Crippen molar-refractivity contribution in [1.29, 1.82) is 0 Å². The van der Waals surface area contributed by atoms with Crippen molar-refractivity contribution in [2.75, 3.05) is 6.67 Å². The minimum atomic E-state index is -1.69. The normalized spacial score (nSPS) is 14.2. The van der Waals surface area contributed by atoms with Crippen LogP contribution in [-0.2, 0) is 17.6 Å². The summed E-state index contributed by atoms with van der Waals surface area (Å²) in [6.07, 6.45) is 1.69. The standard InChI is InChI=1S/C16H14F3N3O3/c17-7-10(16(24)25)20-15(23)14-8-3-1-5-11(8)22(21-14)12-6-2-4-9(18)13(12)19/h2,4,6,10H,1,3,5,7H2,(H,20,23)(H,24,25). The molecule has 2 N–H and O–H groups in total. The number of aliphatic carboxylic acids is 1. The van der Waals surface area contributed by atoms with Crippen LogP contribution in [0.2, 0.25) is 0 Å². The van der Waals surface area contributed by atoms with Crippen LogP contribution >= 0.6 is 0 Å². The lowest BCUT2D eigenvalue weighted by Crippen LogP contribution is -2.42. The van der Waals surface area contributed by atoms with Gasteiger partial charge < -0.3 is 10.4 Å². The summed E-state index contributed by atoms with van der Waals surface area (Å²) in [7, 11) is 0. The zero-order chi connectivity index (χ0) is 18.1. The number of rotatable bonds is 5. The van der Waals surface area contributed by atoms with E-state index in [4.69, 9.17) is 5.11 Å². The van der Waals surface area contributed by atoms with Crippen molar-refractivity contribution < 1.29 is 27.9 Å². The number of halogens is 3. The molecule has 1 atom stereocenters. The van der Waals surface area contributed by atoms with E-state index in [1.807, 2.05) is 5.32 Å². The highest BCUT2D eigenvalue weighted by Gasteiger charge is 2.30. The molecule has 0 saturated heterocycles. The maximum Gasteiger partial charge on any atom is 0.328 e. The Morgan fingerprint density at radius 2 is 2.08 bits per heavy atom. The van der Waals surface area contributed by atoms with E-state index < -0.39 is 36.2 Å². The molecular weight excluding hydrogens is 339 g/mol. The summed E-state index contributed by atoms with van der Waals surface area (Å²) >= 11 is 0. The van der Waals surface area contributed by atoms with E-state index in [2.05, 4.69) is 5.10 Å². The number of hydrogen-bond donors (Lipinski definition) is 2. The van der Waals surface area contributed by atoms with Crippen LogP contribution in [0.1, 0.15) is 28.2 Å². The molecule has 1 aromatic heterocycles. The number of carbonyl (C=O) groups is 2. The Balaban J connectivity index is 2.02. The van der Waals surface area contributed by atoms with Crippen LogP contribution in [-0.4, -0.2) is 39.5 Å². The highest BCUT2D eigenvalue weighted by atomic mass is 19.2. The zero-order valence-corrected chi connectivity index (χ0v) is 12.9. The van der Waals surface area contributed by atoms with E-state index in [1.54, 1.807) is 0 Å². The smallest absolute Gasteiger partial charge is 0.328 e. The lowest BCUT2D eigenvalue weighted by atomic mass is 10.2. The first-order valence-electron chi connectivity index (χ1n) is 7.58. The summed E-state index contributed by atoms with van der Waals surface area (Å²) in [5.41, 5.74) is 0.847. The Hall–Kier alpha value is -2.84. The molecule has 1 aromatic carbocycles. The molecule has 0 radical (unpaired) electrons. The van der Waals surface area contributed by atoms with Gasteiger partial charge in [-0.15, -0.1) is 0 Å². The minimum Gasteiger partial charge on any atom is -0.480 e. The van der Waals surface area contributed by atoms with E-state index in [0.29, 0.717) is 30.5 Å². The number of amides is 1. The molecule has 1 heterocycles. The maximum absolute atomic E-state index is 14.1. The molecular formula is C16H14F3N3O3. The van der Waals surface area contributed by atoms with Crippen molar-refractivity contribution in [2.24, 2.45) is 0 Å². The maximum atomic E-state index is 14.1. The first-order chi connectivity index (χ1) is 11.9. The number of nitrogens with one attached hydrogen (secondary N) is 1.